The highest BCUT2D eigenvalue weighted by Gasteiger charge is 2.17. The molecule has 1 N–H and O–H groups in total. The summed E-state index contributed by atoms with van der Waals surface area (Å²) in [5.41, 5.74) is 0.745. The molecule has 2 aromatic rings. The molecule has 0 saturated heterocycles. The standard InChI is InChI=1S/C13H17FN4O/c1-4-15-9(2)10-6-5-7-11(14)12(10)19-13-16-8-18(3)17-13/h5-9,15H,4H2,1-3H3. The van der Waals surface area contributed by atoms with E-state index in [9.17, 15) is 4.39 Å². The van der Waals surface area contributed by atoms with Crippen LogP contribution in [-0.2, 0) is 7.05 Å². The third kappa shape index (κ3) is 3.08. The number of hydrogen-bond acceptors (Lipinski definition) is 4. The molecule has 0 amide bonds. The Bertz CT molecular complexity index is 555. The Balaban J connectivity index is 2.32. The summed E-state index contributed by atoms with van der Waals surface area (Å²) in [6.45, 7) is 4.74. The first-order valence-corrected chi connectivity index (χ1v) is 6.17. The zero-order valence-corrected chi connectivity index (χ0v) is 11.2. The molecule has 6 heteroatoms. The van der Waals surface area contributed by atoms with Crippen LogP contribution in [0.3, 0.4) is 0 Å². The molecule has 2 rings (SSSR count). The topological polar surface area (TPSA) is 52.0 Å². The van der Waals surface area contributed by atoms with Crippen LogP contribution in [0.4, 0.5) is 4.39 Å². The van der Waals surface area contributed by atoms with E-state index in [0.29, 0.717) is 0 Å². The first-order chi connectivity index (χ1) is 9.11. The maximum absolute atomic E-state index is 13.9. The fourth-order valence-electron chi connectivity index (χ4n) is 1.85. The number of aryl methyl sites for hydroxylation is 1. The van der Waals surface area contributed by atoms with Crippen molar-refractivity contribution in [2.75, 3.05) is 6.54 Å². The SMILES string of the molecule is CCNC(C)c1cccc(F)c1Oc1ncn(C)n1. The van der Waals surface area contributed by atoms with E-state index >= 15 is 0 Å². The molecule has 0 bridgehead atoms. The summed E-state index contributed by atoms with van der Waals surface area (Å²) in [7, 11) is 1.73. The van der Waals surface area contributed by atoms with Gasteiger partial charge in [-0.15, -0.1) is 5.10 Å². The molecule has 1 unspecified atom stereocenters. The third-order valence-electron chi connectivity index (χ3n) is 2.75. The Morgan fingerprint density at radius 3 is 2.89 bits per heavy atom. The lowest BCUT2D eigenvalue weighted by molar-refractivity contribution is 0.397. The second-order valence-corrected chi connectivity index (χ2v) is 4.24. The second-order valence-electron chi connectivity index (χ2n) is 4.24. The first-order valence-electron chi connectivity index (χ1n) is 6.17. The molecule has 1 aromatic carbocycles. The molecule has 0 radical (unpaired) electrons. The second kappa shape index (κ2) is 5.79. The maximum Gasteiger partial charge on any atom is 0.341 e. The Labute approximate surface area is 111 Å². The third-order valence-corrected chi connectivity index (χ3v) is 2.75. The zero-order chi connectivity index (χ0) is 13.8. The van der Waals surface area contributed by atoms with Gasteiger partial charge in [-0.1, -0.05) is 19.1 Å². The number of rotatable bonds is 5. The van der Waals surface area contributed by atoms with E-state index in [0.717, 1.165) is 12.1 Å². The summed E-state index contributed by atoms with van der Waals surface area (Å²) in [4.78, 5) is 3.94. The number of aromatic nitrogens is 3. The average molecular weight is 264 g/mol. The van der Waals surface area contributed by atoms with Gasteiger partial charge < -0.3 is 10.1 Å². The van der Waals surface area contributed by atoms with Crippen LogP contribution in [-0.4, -0.2) is 21.3 Å². The molecular weight excluding hydrogens is 247 g/mol. The van der Waals surface area contributed by atoms with Gasteiger partial charge >= 0.3 is 6.01 Å². The number of nitrogens with zero attached hydrogens (tertiary/aromatic N) is 3. The molecule has 1 atom stereocenters. The number of ether oxygens (including phenoxy) is 1. The van der Waals surface area contributed by atoms with Crippen LogP contribution in [0.15, 0.2) is 24.5 Å². The quantitative estimate of drug-likeness (QED) is 0.901. The van der Waals surface area contributed by atoms with Crippen LogP contribution in [0.25, 0.3) is 0 Å². The van der Waals surface area contributed by atoms with Crippen molar-refractivity contribution >= 4 is 0 Å². The van der Waals surface area contributed by atoms with Crippen molar-refractivity contribution in [3.8, 4) is 11.8 Å². The van der Waals surface area contributed by atoms with Gasteiger partial charge in [-0.3, -0.25) is 4.68 Å². The highest BCUT2D eigenvalue weighted by atomic mass is 19.1. The van der Waals surface area contributed by atoms with Crippen molar-refractivity contribution in [3.63, 3.8) is 0 Å². The Morgan fingerprint density at radius 2 is 2.26 bits per heavy atom. The lowest BCUT2D eigenvalue weighted by Crippen LogP contribution is -2.18. The Hall–Kier alpha value is -1.95. The van der Waals surface area contributed by atoms with Gasteiger partial charge in [-0.25, -0.2) is 4.39 Å². The molecule has 0 aliphatic heterocycles. The van der Waals surface area contributed by atoms with Crippen molar-refractivity contribution in [1.82, 2.24) is 20.1 Å². The molecule has 1 aromatic heterocycles. The molecule has 0 aliphatic carbocycles. The van der Waals surface area contributed by atoms with Crippen molar-refractivity contribution in [2.24, 2.45) is 7.05 Å². The first kappa shape index (κ1) is 13.5. The molecule has 0 aliphatic rings. The smallest absolute Gasteiger partial charge is 0.341 e. The molecule has 0 fully saturated rings. The monoisotopic (exact) mass is 264 g/mol. The number of hydrogen-bond donors (Lipinski definition) is 1. The number of nitrogens with one attached hydrogen (secondary N) is 1. The van der Waals surface area contributed by atoms with Gasteiger partial charge in [0.05, 0.1) is 0 Å². The average Bonchev–Trinajstić information content (AvgIpc) is 2.78. The van der Waals surface area contributed by atoms with E-state index in [-0.39, 0.29) is 17.8 Å². The zero-order valence-electron chi connectivity index (χ0n) is 11.2. The molecule has 1 heterocycles. The predicted octanol–water partition coefficient (Wildman–Crippen LogP) is 2.42. The summed E-state index contributed by atoms with van der Waals surface area (Å²) in [5.74, 6) is -0.253. The molecule has 19 heavy (non-hydrogen) atoms. The molecule has 0 spiro atoms. The van der Waals surface area contributed by atoms with Crippen LogP contribution in [0.1, 0.15) is 25.5 Å². The van der Waals surface area contributed by atoms with Crippen LogP contribution < -0.4 is 10.1 Å². The van der Waals surface area contributed by atoms with E-state index in [1.807, 2.05) is 19.9 Å². The number of halogens is 1. The van der Waals surface area contributed by atoms with E-state index in [4.69, 9.17) is 4.74 Å². The van der Waals surface area contributed by atoms with E-state index in [1.165, 1.54) is 17.1 Å². The Kier molecular flexibility index (Phi) is 4.11. The van der Waals surface area contributed by atoms with E-state index < -0.39 is 5.82 Å². The Morgan fingerprint density at radius 1 is 1.47 bits per heavy atom. The minimum Gasteiger partial charge on any atom is -0.420 e. The maximum atomic E-state index is 13.9. The summed E-state index contributed by atoms with van der Waals surface area (Å²) in [6.07, 6.45) is 1.50. The highest BCUT2D eigenvalue weighted by Crippen LogP contribution is 2.30. The number of para-hydroxylation sites is 1. The van der Waals surface area contributed by atoms with Crippen molar-refractivity contribution < 1.29 is 9.13 Å². The molecule has 102 valence electrons. The largest absolute Gasteiger partial charge is 0.420 e. The fraction of sp³-hybridized carbons (Fsp3) is 0.385. The molecular formula is C13H17FN4O. The normalized spacial score (nSPS) is 12.4. The lowest BCUT2D eigenvalue weighted by Gasteiger charge is -2.16. The van der Waals surface area contributed by atoms with Crippen molar-refractivity contribution in [1.29, 1.82) is 0 Å². The summed E-state index contributed by atoms with van der Waals surface area (Å²) < 4.78 is 20.9. The van der Waals surface area contributed by atoms with Crippen molar-refractivity contribution in [2.45, 2.75) is 19.9 Å². The van der Waals surface area contributed by atoms with Crippen LogP contribution in [0, 0.1) is 5.82 Å². The fourth-order valence-corrected chi connectivity index (χ4v) is 1.85. The van der Waals surface area contributed by atoms with Gasteiger partial charge in [0, 0.05) is 18.7 Å². The van der Waals surface area contributed by atoms with Crippen LogP contribution in [0.2, 0.25) is 0 Å². The minimum atomic E-state index is -0.422. The summed E-state index contributed by atoms with van der Waals surface area (Å²) in [6, 6.07) is 4.98. The lowest BCUT2D eigenvalue weighted by atomic mass is 10.1. The summed E-state index contributed by atoms with van der Waals surface area (Å²) >= 11 is 0. The van der Waals surface area contributed by atoms with Gasteiger partial charge in [0.15, 0.2) is 11.6 Å². The minimum absolute atomic E-state index is 0.0144. The van der Waals surface area contributed by atoms with Gasteiger partial charge in [-0.05, 0) is 19.5 Å². The van der Waals surface area contributed by atoms with Gasteiger partial charge in [0.1, 0.15) is 6.33 Å². The van der Waals surface area contributed by atoms with E-state index in [1.54, 1.807) is 13.1 Å². The van der Waals surface area contributed by atoms with E-state index in [2.05, 4.69) is 15.4 Å². The van der Waals surface area contributed by atoms with Crippen molar-refractivity contribution in [3.05, 3.63) is 35.9 Å². The summed E-state index contributed by atoms with van der Waals surface area (Å²) in [5, 5.41) is 7.22. The predicted molar refractivity (Wildman–Crippen MR) is 69.6 cm³/mol. The number of benzene rings is 1. The highest BCUT2D eigenvalue weighted by molar-refractivity contribution is 5.38. The molecule has 5 nitrogen and oxygen atoms in total. The van der Waals surface area contributed by atoms with Gasteiger partial charge in [0.2, 0.25) is 0 Å². The van der Waals surface area contributed by atoms with Crippen LogP contribution in [0.5, 0.6) is 11.8 Å². The van der Waals surface area contributed by atoms with Gasteiger partial charge in [0.25, 0.3) is 0 Å². The molecule has 0 saturated carbocycles. The van der Waals surface area contributed by atoms with Crippen LogP contribution >= 0.6 is 0 Å². The van der Waals surface area contributed by atoms with Gasteiger partial charge in [-0.2, -0.15) is 4.98 Å².